The van der Waals surface area contributed by atoms with Crippen LogP contribution in [0.15, 0.2) is 33.8 Å². The number of nitrogens with one attached hydrogen (secondary N) is 2. The Morgan fingerprint density at radius 2 is 2.15 bits per heavy atom. The number of rotatable bonds is 3. The fraction of sp³-hybridized carbons (Fsp3) is 0.0769. The van der Waals surface area contributed by atoms with Crippen LogP contribution in [0.1, 0.15) is 15.2 Å². The summed E-state index contributed by atoms with van der Waals surface area (Å²) in [6.45, 7) is 0.331. The second-order valence-electron chi connectivity index (χ2n) is 4.10. The normalized spacial score (nSPS) is 10.8. The van der Waals surface area contributed by atoms with Crippen LogP contribution in [0, 0.1) is 0 Å². The van der Waals surface area contributed by atoms with E-state index >= 15 is 0 Å². The number of aromatic amines is 1. The first-order valence-electron chi connectivity index (χ1n) is 5.80. The highest BCUT2D eigenvalue weighted by Crippen LogP contribution is 2.29. The number of fused-ring (bicyclic) bond motifs is 1. The third-order valence-corrected chi connectivity index (χ3v) is 4.62. The van der Waals surface area contributed by atoms with Gasteiger partial charge in [-0.3, -0.25) is 9.59 Å². The van der Waals surface area contributed by atoms with E-state index in [9.17, 15) is 14.7 Å². The summed E-state index contributed by atoms with van der Waals surface area (Å²) >= 11 is 2.78. The van der Waals surface area contributed by atoms with Gasteiger partial charge >= 0.3 is 0 Å². The molecule has 0 saturated carbocycles. The number of thiophene rings is 2. The summed E-state index contributed by atoms with van der Waals surface area (Å²) in [7, 11) is 0. The number of hydrogen-bond donors (Lipinski definition) is 3. The lowest BCUT2D eigenvalue weighted by atomic mass is 10.2. The van der Waals surface area contributed by atoms with E-state index < -0.39 is 11.5 Å². The van der Waals surface area contributed by atoms with Gasteiger partial charge in [0.15, 0.2) is 5.75 Å². The first kappa shape index (κ1) is 12.9. The van der Waals surface area contributed by atoms with Gasteiger partial charge in [-0.2, -0.15) is 0 Å². The summed E-state index contributed by atoms with van der Waals surface area (Å²) in [5.41, 5.74) is -0.291. The molecular formula is C13H10N2O3S2. The molecule has 0 aromatic carbocycles. The minimum atomic E-state index is -0.586. The van der Waals surface area contributed by atoms with Crippen LogP contribution in [0.2, 0.25) is 0 Å². The second kappa shape index (κ2) is 5.10. The average molecular weight is 306 g/mol. The van der Waals surface area contributed by atoms with Crippen LogP contribution in [0.5, 0.6) is 5.75 Å². The molecule has 20 heavy (non-hydrogen) atoms. The Labute approximate surface area is 121 Å². The molecule has 0 radical (unpaired) electrons. The van der Waals surface area contributed by atoms with Gasteiger partial charge < -0.3 is 15.4 Å². The molecule has 3 rings (SSSR count). The highest BCUT2D eigenvalue weighted by molar-refractivity contribution is 7.17. The van der Waals surface area contributed by atoms with Crippen LogP contribution in [0.25, 0.3) is 10.2 Å². The predicted molar refractivity (Wildman–Crippen MR) is 79.6 cm³/mol. The van der Waals surface area contributed by atoms with Crippen molar-refractivity contribution in [2.24, 2.45) is 0 Å². The van der Waals surface area contributed by atoms with Crippen LogP contribution in [-0.2, 0) is 6.54 Å². The Bertz CT molecular complexity index is 818. The molecule has 0 spiro atoms. The van der Waals surface area contributed by atoms with Gasteiger partial charge in [-0.25, -0.2) is 0 Å². The van der Waals surface area contributed by atoms with Gasteiger partial charge in [0.1, 0.15) is 5.56 Å². The molecule has 0 saturated heterocycles. The van der Waals surface area contributed by atoms with Crippen molar-refractivity contribution in [1.82, 2.24) is 10.3 Å². The van der Waals surface area contributed by atoms with Crippen molar-refractivity contribution >= 4 is 38.8 Å². The van der Waals surface area contributed by atoms with Crippen LogP contribution < -0.4 is 10.9 Å². The van der Waals surface area contributed by atoms with Gasteiger partial charge in [0.25, 0.3) is 11.5 Å². The summed E-state index contributed by atoms with van der Waals surface area (Å²) in [6.07, 6.45) is 0. The third-order valence-electron chi connectivity index (χ3n) is 2.82. The number of carbonyl (C=O) groups excluding carboxylic acids is 1. The number of aromatic nitrogens is 1. The van der Waals surface area contributed by atoms with Crippen molar-refractivity contribution in [2.75, 3.05) is 0 Å². The molecule has 3 N–H and O–H groups in total. The fourth-order valence-corrected chi connectivity index (χ4v) is 3.32. The molecule has 7 heteroatoms. The molecule has 0 aliphatic rings. The summed E-state index contributed by atoms with van der Waals surface area (Å²) in [6, 6.07) is 5.46. The Balaban J connectivity index is 1.92. The number of carbonyl (C=O) groups is 1. The molecule has 1 amide bonds. The summed E-state index contributed by atoms with van der Waals surface area (Å²) in [5, 5.41) is 16.4. The fourth-order valence-electron chi connectivity index (χ4n) is 1.88. The predicted octanol–water partition coefficient (Wildman–Crippen LogP) is 2.29. The molecule has 0 unspecified atom stereocenters. The first-order valence-corrected chi connectivity index (χ1v) is 7.56. The zero-order chi connectivity index (χ0) is 14.1. The second-order valence-corrected chi connectivity index (χ2v) is 6.05. The first-order chi connectivity index (χ1) is 9.66. The van der Waals surface area contributed by atoms with E-state index in [0.717, 1.165) is 4.88 Å². The number of hydrogen-bond acceptors (Lipinski definition) is 5. The lowest BCUT2D eigenvalue weighted by molar-refractivity contribution is 0.0947. The van der Waals surface area contributed by atoms with Gasteiger partial charge in [0.05, 0.1) is 16.8 Å². The van der Waals surface area contributed by atoms with Crippen LogP contribution >= 0.6 is 22.7 Å². The number of pyridine rings is 1. The van der Waals surface area contributed by atoms with Gasteiger partial charge in [0.2, 0.25) is 0 Å². The Kier molecular flexibility index (Phi) is 3.29. The van der Waals surface area contributed by atoms with Crippen molar-refractivity contribution in [1.29, 1.82) is 0 Å². The van der Waals surface area contributed by atoms with Gasteiger partial charge in [0, 0.05) is 4.88 Å². The molecule has 3 aromatic heterocycles. The standard InChI is InChI=1S/C13H10N2O3S2/c16-10-9(12(17)14-6-7-2-1-4-19-7)13(18)15-8-3-5-20-11(8)10/h1-5H,6H2,(H,14,17)(H2,15,16,18). The molecule has 3 heterocycles. The van der Waals surface area contributed by atoms with E-state index in [1.807, 2.05) is 17.5 Å². The van der Waals surface area contributed by atoms with Crippen molar-refractivity contribution in [3.8, 4) is 5.75 Å². The minimum absolute atomic E-state index is 0.239. The number of H-pyrrole nitrogens is 1. The molecule has 0 aliphatic carbocycles. The maximum Gasteiger partial charge on any atom is 0.265 e. The largest absolute Gasteiger partial charge is 0.505 e. The van der Waals surface area contributed by atoms with E-state index in [4.69, 9.17) is 0 Å². The third kappa shape index (κ3) is 2.21. The zero-order valence-electron chi connectivity index (χ0n) is 10.2. The van der Waals surface area contributed by atoms with Crippen molar-refractivity contribution < 1.29 is 9.90 Å². The summed E-state index contributed by atoms with van der Waals surface area (Å²) < 4.78 is 0.505. The summed E-state index contributed by atoms with van der Waals surface area (Å²) in [4.78, 5) is 27.5. The molecular weight excluding hydrogens is 296 g/mol. The van der Waals surface area contributed by atoms with Gasteiger partial charge in [-0.1, -0.05) is 6.07 Å². The average Bonchev–Trinajstić information content (AvgIpc) is 3.06. The summed E-state index contributed by atoms with van der Waals surface area (Å²) in [5.74, 6) is -0.838. The Morgan fingerprint density at radius 3 is 2.90 bits per heavy atom. The van der Waals surface area contributed by atoms with Crippen LogP contribution in [0.3, 0.4) is 0 Å². The van der Waals surface area contributed by atoms with Crippen LogP contribution in [-0.4, -0.2) is 16.0 Å². The maximum atomic E-state index is 12.1. The zero-order valence-corrected chi connectivity index (χ0v) is 11.8. The molecule has 3 aromatic rings. The van der Waals surface area contributed by atoms with E-state index in [1.54, 1.807) is 11.4 Å². The smallest absolute Gasteiger partial charge is 0.265 e. The quantitative estimate of drug-likeness (QED) is 0.694. The van der Waals surface area contributed by atoms with Crippen molar-refractivity contribution in [2.45, 2.75) is 6.54 Å². The molecule has 0 fully saturated rings. The molecule has 102 valence electrons. The topological polar surface area (TPSA) is 82.2 Å². The van der Waals surface area contributed by atoms with E-state index in [2.05, 4.69) is 10.3 Å². The maximum absolute atomic E-state index is 12.1. The highest BCUT2D eigenvalue weighted by Gasteiger charge is 2.19. The van der Waals surface area contributed by atoms with Gasteiger partial charge in [-0.05, 0) is 22.9 Å². The molecule has 0 bridgehead atoms. The molecule has 5 nitrogen and oxygen atoms in total. The minimum Gasteiger partial charge on any atom is -0.505 e. The highest BCUT2D eigenvalue weighted by atomic mass is 32.1. The Morgan fingerprint density at radius 1 is 1.30 bits per heavy atom. The van der Waals surface area contributed by atoms with Crippen molar-refractivity contribution in [3.05, 3.63) is 49.8 Å². The monoisotopic (exact) mass is 306 g/mol. The van der Waals surface area contributed by atoms with Crippen molar-refractivity contribution in [3.63, 3.8) is 0 Å². The van der Waals surface area contributed by atoms with Gasteiger partial charge in [-0.15, -0.1) is 22.7 Å². The Hall–Kier alpha value is -2.12. The number of amides is 1. The van der Waals surface area contributed by atoms with E-state index in [1.165, 1.54) is 22.7 Å². The van der Waals surface area contributed by atoms with E-state index in [0.29, 0.717) is 16.8 Å². The van der Waals surface area contributed by atoms with Crippen LogP contribution in [0.4, 0.5) is 0 Å². The number of aromatic hydroxyl groups is 1. The molecule has 0 aliphatic heterocycles. The lowest BCUT2D eigenvalue weighted by Gasteiger charge is -2.05. The lowest BCUT2D eigenvalue weighted by Crippen LogP contribution is -2.29. The SMILES string of the molecule is O=C(NCc1cccs1)c1c(O)c2sccc2[nH]c1=O. The molecule has 0 atom stereocenters. The van der Waals surface area contributed by atoms with E-state index in [-0.39, 0.29) is 11.3 Å².